The maximum atomic E-state index is 13.8. The van der Waals surface area contributed by atoms with Crippen LogP contribution in [0.2, 0.25) is 0 Å². The number of aryl methyl sites for hydroxylation is 1. The minimum atomic E-state index is -5.00. The highest BCUT2D eigenvalue weighted by atomic mass is 32.2. The van der Waals surface area contributed by atoms with Crippen molar-refractivity contribution < 1.29 is 44.6 Å². The van der Waals surface area contributed by atoms with Crippen LogP contribution < -0.4 is 14.4 Å². The van der Waals surface area contributed by atoms with E-state index in [1.807, 2.05) is 6.07 Å². The number of nitrogens with zero attached hydrogens (tertiary/aromatic N) is 3. The molecule has 0 fully saturated rings. The number of aromatic nitrogens is 3. The standard InChI is InChI=1S/C25H17F6N5O4S/c1-13-10-19(35-34-13)22(37)14-2-8-18-20(11-14)36(12-15-3-9-21(24(26,27)28)33-23(15)32-18)41(38,39)17-6-4-16(5-7-17)40-25(29,30)31/h2,4-8,10-11,22,37H,12H2,1H3,(H,32,33)(H,34,35). The molecule has 0 saturated carbocycles. The summed E-state index contributed by atoms with van der Waals surface area (Å²) in [5, 5.41) is 20.3. The van der Waals surface area contributed by atoms with Crippen LogP contribution in [0.1, 0.15) is 34.3 Å². The van der Waals surface area contributed by atoms with Crippen LogP contribution >= 0.6 is 0 Å². The number of anilines is 3. The molecule has 9 nitrogen and oxygen atoms in total. The van der Waals surface area contributed by atoms with Gasteiger partial charge in [0.2, 0.25) is 0 Å². The van der Waals surface area contributed by atoms with Crippen molar-refractivity contribution in [3.05, 3.63) is 88.9 Å². The first-order chi connectivity index (χ1) is 19.1. The lowest BCUT2D eigenvalue weighted by molar-refractivity contribution is -0.274. The number of aliphatic hydroxyl groups excluding tert-OH is 1. The number of aromatic amines is 1. The number of hydrogen-bond donors (Lipinski definition) is 3. The molecule has 1 atom stereocenters. The summed E-state index contributed by atoms with van der Waals surface area (Å²) in [5.41, 5.74) is -0.504. The molecule has 1 unspecified atom stereocenters. The van der Waals surface area contributed by atoms with Gasteiger partial charge in [0.25, 0.3) is 10.0 Å². The first-order valence-corrected chi connectivity index (χ1v) is 13.0. The Kier molecular flexibility index (Phi) is 6.74. The molecule has 214 valence electrons. The molecule has 0 saturated heterocycles. The van der Waals surface area contributed by atoms with Crippen LogP contribution in [-0.2, 0) is 22.7 Å². The van der Waals surface area contributed by atoms with Crippen molar-refractivity contribution in [2.45, 2.75) is 37.0 Å². The number of nitrogens with one attached hydrogen (secondary N) is 2. The van der Waals surface area contributed by atoms with Gasteiger partial charge in [0, 0.05) is 5.69 Å². The highest BCUT2D eigenvalue weighted by molar-refractivity contribution is 7.92. The Hall–Kier alpha value is -4.49. The van der Waals surface area contributed by atoms with Crippen LogP contribution in [0.15, 0.2) is 53.4 Å². The van der Waals surface area contributed by atoms with E-state index in [1.165, 1.54) is 18.2 Å². The summed E-state index contributed by atoms with van der Waals surface area (Å²) in [4.78, 5) is 3.11. The number of fused-ring (bicyclic) bond motifs is 2. The van der Waals surface area contributed by atoms with E-state index in [1.54, 1.807) is 13.0 Å². The van der Waals surface area contributed by atoms with Crippen LogP contribution in [0, 0.1) is 19.1 Å². The molecule has 1 aliphatic rings. The topological polar surface area (TPSA) is 120 Å². The maximum Gasteiger partial charge on any atom is 0.573 e. The fraction of sp³-hybridized carbons (Fsp3) is 0.200. The van der Waals surface area contributed by atoms with Crippen molar-refractivity contribution in [3.63, 3.8) is 0 Å². The number of hydrogen-bond acceptors (Lipinski definition) is 7. The molecule has 1 aliphatic heterocycles. The quantitative estimate of drug-likeness (QED) is 0.272. The minimum Gasteiger partial charge on any atom is -0.406 e. The number of rotatable bonds is 5. The molecule has 16 heteroatoms. The van der Waals surface area contributed by atoms with E-state index in [-0.39, 0.29) is 34.0 Å². The van der Waals surface area contributed by atoms with E-state index in [0.717, 1.165) is 28.6 Å². The number of H-pyrrole nitrogens is 1. The highest BCUT2D eigenvalue weighted by Crippen LogP contribution is 2.41. The number of benzene rings is 2. The summed E-state index contributed by atoms with van der Waals surface area (Å²) in [6.45, 7) is 1.12. The van der Waals surface area contributed by atoms with Gasteiger partial charge < -0.3 is 15.2 Å². The Bertz CT molecular complexity index is 1700. The predicted molar refractivity (Wildman–Crippen MR) is 131 cm³/mol. The molecule has 3 N–H and O–H groups in total. The maximum absolute atomic E-state index is 13.8. The summed E-state index contributed by atoms with van der Waals surface area (Å²) in [5.74, 6) is -0.994. The molecule has 0 radical (unpaired) electrons. The summed E-state index contributed by atoms with van der Waals surface area (Å²) in [6, 6.07) is 13.2. The normalized spacial score (nSPS) is 14.3. The van der Waals surface area contributed by atoms with E-state index in [4.69, 9.17) is 0 Å². The number of ether oxygens (including phenoxy) is 1. The van der Waals surface area contributed by atoms with Gasteiger partial charge in [0.15, 0.2) is 5.69 Å². The Morgan fingerprint density at radius 3 is 2.37 bits per heavy atom. The molecule has 5 rings (SSSR count). The van der Waals surface area contributed by atoms with Crippen LogP contribution in [0.4, 0.5) is 43.5 Å². The van der Waals surface area contributed by atoms with Gasteiger partial charge in [-0.1, -0.05) is 12.1 Å². The number of sulfonamides is 1. The lowest BCUT2D eigenvalue weighted by Crippen LogP contribution is -2.30. The van der Waals surface area contributed by atoms with Gasteiger partial charge in [-0.15, -0.1) is 13.2 Å². The smallest absolute Gasteiger partial charge is 0.406 e. The van der Waals surface area contributed by atoms with Gasteiger partial charge in [0.05, 0.1) is 34.1 Å². The molecule has 0 bridgehead atoms. The molecular formula is C25H17F6N5O4S. The fourth-order valence-electron chi connectivity index (χ4n) is 4.05. The van der Waals surface area contributed by atoms with Crippen LogP contribution in [0.3, 0.4) is 0 Å². The summed E-state index contributed by atoms with van der Waals surface area (Å²) in [7, 11) is -4.57. The fourth-order valence-corrected chi connectivity index (χ4v) is 5.49. The third-order valence-corrected chi connectivity index (χ3v) is 7.70. The van der Waals surface area contributed by atoms with Crippen molar-refractivity contribution in [2.24, 2.45) is 0 Å². The molecule has 0 amide bonds. The molecule has 2 aromatic heterocycles. The first-order valence-electron chi connectivity index (χ1n) is 11.5. The molecule has 2 aromatic carbocycles. The molecule has 0 aliphatic carbocycles. The van der Waals surface area contributed by atoms with Crippen molar-refractivity contribution >= 4 is 27.2 Å². The average Bonchev–Trinajstić information content (AvgIpc) is 3.24. The van der Waals surface area contributed by atoms with Crippen molar-refractivity contribution in [3.8, 4) is 5.75 Å². The van der Waals surface area contributed by atoms with E-state index >= 15 is 0 Å². The largest absolute Gasteiger partial charge is 0.573 e. The number of aliphatic hydroxyl groups is 1. The summed E-state index contributed by atoms with van der Waals surface area (Å²) < 4.78 is 110. The van der Waals surface area contributed by atoms with Gasteiger partial charge in [-0.2, -0.15) is 18.3 Å². The van der Waals surface area contributed by atoms with Crippen molar-refractivity contribution in [1.82, 2.24) is 15.2 Å². The molecule has 0 spiro atoms. The average molecular weight is 597 g/mol. The second-order valence-electron chi connectivity index (χ2n) is 8.85. The van der Waals surface area contributed by atoms with Crippen molar-refractivity contribution in [1.29, 1.82) is 0 Å². The van der Waals surface area contributed by atoms with Gasteiger partial charge >= 0.3 is 12.5 Å². The molecule has 4 aromatic rings. The lowest BCUT2D eigenvalue weighted by Gasteiger charge is -2.25. The Balaban J connectivity index is 1.62. The van der Waals surface area contributed by atoms with Crippen LogP contribution in [-0.4, -0.2) is 35.1 Å². The third-order valence-electron chi connectivity index (χ3n) is 5.92. The number of alkyl halides is 6. The van der Waals surface area contributed by atoms with Crippen LogP contribution in [0.5, 0.6) is 5.75 Å². The Morgan fingerprint density at radius 1 is 1.05 bits per heavy atom. The third kappa shape index (κ3) is 5.72. The SMILES string of the molecule is Cc1cc(C(O)c2ccc3c(c2)N(S(=O)(=O)c2ccc(OC(F)(F)F)cc2)Cc2c#cc(C(F)(F)F)nc2N3)n[nH]1. The van der Waals surface area contributed by atoms with E-state index in [2.05, 4.69) is 31.3 Å². The monoisotopic (exact) mass is 597 g/mol. The number of halogens is 6. The zero-order chi connectivity index (χ0) is 29.7. The predicted octanol–water partition coefficient (Wildman–Crippen LogP) is 5.17. The summed E-state index contributed by atoms with van der Waals surface area (Å²) >= 11 is 0. The Morgan fingerprint density at radius 2 is 1.76 bits per heavy atom. The zero-order valence-electron chi connectivity index (χ0n) is 20.6. The van der Waals surface area contributed by atoms with Gasteiger partial charge in [-0.3, -0.25) is 9.40 Å². The zero-order valence-corrected chi connectivity index (χ0v) is 21.4. The molecular weight excluding hydrogens is 580 g/mol. The van der Waals surface area contributed by atoms with Crippen molar-refractivity contribution in [2.75, 3.05) is 9.62 Å². The van der Waals surface area contributed by atoms with E-state index in [0.29, 0.717) is 5.69 Å². The second kappa shape index (κ2) is 9.85. The Labute approximate surface area is 228 Å². The second-order valence-corrected chi connectivity index (χ2v) is 10.7. The van der Waals surface area contributed by atoms with E-state index in [9.17, 15) is 39.9 Å². The van der Waals surface area contributed by atoms with Gasteiger partial charge in [0.1, 0.15) is 17.7 Å². The summed E-state index contributed by atoms with van der Waals surface area (Å²) in [6.07, 6.45) is -11.2. The first kappa shape index (κ1) is 28.1. The minimum absolute atomic E-state index is 0.0127. The van der Waals surface area contributed by atoms with E-state index < -0.39 is 51.5 Å². The lowest BCUT2D eigenvalue weighted by atomic mass is 10.0. The molecule has 41 heavy (non-hydrogen) atoms. The molecule has 3 heterocycles. The highest BCUT2D eigenvalue weighted by Gasteiger charge is 2.36. The van der Waals surface area contributed by atoms with Gasteiger partial charge in [-0.25, -0.2) is 13.4 Å². The van der Waals surface area contributed by atoms with Gasteiger partial charge in [-0.05, 0) is 61.0 Å². The van der Waals surface area contributed by atoms with Crippen LogP contribution in [0.25, 0.3) is 0 Å².